The van der Waals surface area contributed by atoms with Crippen LogP contribution < -0.4 is 29.6 Å². The molecule has 0 aromatic carbocycles. The first kappa shape index (κ1) is 27.1. The van der Waals surface area contributed by atoms with Gasteiger partial charge in [0.05, 0.1) is 21.5 Å². The molecule has 4 nitrogen and oxygen atoms in total. The van der Waals surface area contributed by atoms with E-state index < -0.39 is 21.5 Å². The Morgan fingerprint density at radius 3 is 1.71 bits per heavy atom. The van der Waals surface area contributed by atoms with Crippen LogP contribution in [0.25, 0.3) is 0 Å². The van der Waals surface area contributed by atoms with Gasteiger partial charge in [-0.05, 0) is 19.3 Å². The van der Waals surface area contributed by atoms with E-state index in [4.69, 9.17) is 0 Å². The Morgan fingerprint density at radius 1 is 0.792 bits per heavy atom. The van der Waals surface area contributed by atoms with Crippen LogP contribution in [0.5, 0.6) is 0 Å². The number of rotatable bonds is 16. The molecule has 0 aliphatic heterocycles. The average Bonchev–Trinajstić information content (AvgIpc) is 2.48. The molecule has 1 N–H and O–H groups in total. The summed E-state index contributed by atoms with van der Waals surface area (Å²) in [5.74, 6) is 0. The monoisotopic (exact) mass is 372 g/mol. The molecule has 2 unspecified atom stereocenters. The van der Waals surface area contributed by atoms with Crippen molar-refractivity contribution < 1.29 is 47.6 Å². The molecule has 0 aromatic heterocycles. The number of unbranched alkanes of at least 4 members (excludes halogenated alkanes) is 9. The van der Waals surface area contributed by atoms with Gasteiger partial charge in [-0.1, -0.05) is 84.5 Å². The first-order chi connectivity index (χ1) is 10.9. The molecule has 24 heavy (non-hydrogen) atoms. The van der Waals surface area contributed by atoms with Gasteiger partial charge in [0.25, 0.3) is 0 Å². The summed E-state index contributed by atoms with van der Waals surface area (Å²) in [6, 6.07) is 0. The minimum Gasteiger partial charge on any atom is -0.748 e. The molecule has 0 fully saturated rings. The summed E-state index contributed by atoms with van der Waals surface area (Å²) < 4.78 is 33.9. The van der Waals surface area contributed by atoms with Gasteiger partial charge in [-0.15, -0.1) is 0 Å². The van der Waals surface area contributed by atoms with E-state index in [1.807, 2.05) is 6.92 Å². The fraction of sp³-hybridized carbons (Fsp3) is 1.00. The summed E-state index contributed by atoms with van der Waals surface area (Å²) >= 11 is 0. The summed E-state index contributed by atoms with van der Waals surface area (Å²) in [4.78, 5) is 0. The molecule has 0 heterocycles. The van der Waals surface area contributed by atoms with E-state index in [1.165, 1.54) is 38.5 Å². The van der Waals surface area contributed by atoms with Crippen molar-refractivity contribution in [2.24, 2.45) is 0 Å². The zero-order chi connectivity index (χ0) is 17.6. The van der Waals surface area contributed by atoms with E-state index in [9.17, 15) is 18.1 Å². The third-order valence-electron chi connectivity index (χ3n) is 4.46. The van der Waals surface area contributed by atoms with Crippen LogP contribution in [0.1, 0.15) is 104 Å². The maximum absolute atomic E-state index is 11.3. The van der Waals surface area contributed by atoms with Gasteiger partial charge >= 0.3 is 29.6 Å². The second-order valence-corrected chi connectivity index (χ2v) is 8.42. The molecular weight excluding hydrogens is 335 g/mol. The van der Waals surface area contributed by atoms with Gasteiger partial charge in [-0.2, -0.15) is 0 Å². The third-order valence-corrected chi connectivity index (χ3v) is 5.71. The predicted octanol–water partition coefficient (Wildman–Crippen LogP) is 1.77. The van der Waals surface area contributed by atoms with Gasteiger partial charge in [0.2, 0.25) is 0 Å². The van der Waals surface area contributed by atoms with E-state index in [-0.39, 0.29) is 36.0 Å². The molecule has 0 saturated carbocycles. The number of hydrogen-bond acceptors (Lipinski definition) is 4. The Morgan fingerprint density at radius 2 is 1.21 bits per heavy atom. The quantitative estimate of drug-likeness (QED) is 0.254. The molecule has 6 heteroatoms. The van der Waals surface area contributed by atoms with Crippen LogP contribution >= 0.6 is 0 Å². The summed E-state index contributed by atoms with van der Waals surface area (Å²) in [6.07, 6.45) is 12.7. The van der Waals surface area contributed by atoms with E-state index in [0.29, 0.717) is 12.8 Å². The van der Waals surface area contributed by atoms with Crippen molar-refractivity contribution in [3.05, 3.63) is 0 Å². The van der Waals surface area contributed by atoms with Crippen LogP contribution in [0.4, 0.5) is 0 Å². The van der Waals surface area contributed by atoms with Crippen molar-refractivity contribution in [1.29, 1.82) is 0 Å². The summed E-state index contributed by atoms with van der Waals surface area (Å²) in [5.41, 5.74) is 0. The fourth-order valence-corrected chi connectivity index (χ4v) is 3.85. The van der Waals surface area contributed by atoms with Crippen LogP contribution in [-0.2, 0) is 10.1 Å². The molecule has 0 rings (SSSR count). The Hall–Kier alpha value is 0.870. The molecule has 0 aliphatic carbocycles. The first-order valence-corrected chi connectivity index (χ1v) is 11.0. The maximum Gasteiger partial charge on any atom is 1.00 e. The van der Waals surface area contributed by atoms with Crippen LogP contribution in [0.2, 0.25) is 0 Å². The van der Waals surface area contributed by atoms with E-state index >= 15 is 0 Å². The van der Waals surface area contributed by atoms with Crippen molar-refractivity contribution in [2.45, 2.75) is 115 Å². The van der Waals surface area contributed by atoms with Gasteiger partial charge in [-0.3, -0.25) is 0 Å². The van der Waals surface area contributed by atoms with E-state index in [2.05, 4.69) is 6.92 Å². The average molecular weight is 373 g/mol. The normalized spacial score (nSPS) is 14.2. The molecule has 2 atom stereocenters. The summed E-state index contributed by atoms with van der Waals surface area (Å²) in [5, 5.41) is 9.09. The van der Waals surface area contributed by atoms with Crippen molar-refractivity contribution in [2.75, 3.05) is 0 Å². The van der Waals surface area contributed by atoms with Crippen molar-refractivity contribution >= 4 is 10.1 Å². The van der Waals surface area contributed by atoms with Crippen LogP contribution in [-0.4, -0.2) is 29.4 Å². The minimum atomic E-state index is -4.30. The van der Waals surface area contributed by atoms with Crippen molar-refractivity contribution in [3.8, 4) is 0 Å². The van der Waals surface area contributed by atoms with Gasteiger partial charge in [0.15, 0.2) is 0 Å². The van der Waals surface area contributed by atoms with Crippen LogP contribution in [0, 0.1) is 0 Å². The van der Waals surface area contributed by atoms with Crippen molar-refractivity contribution in [1.82, 2.24) is 0 Å². The van der Waals surface area contributed by atoms with Crippen molar-refractivity contribution in [3.63, 3.8) is 0 Å². The molecule has 0 spiro atoms. The molecule has 0 amide bonds. The van der Waals surface area contributed by atoms with Gasteiger partial charge < -0.3 is 9.66 Å². The zero-order valence-corrected chi connectivity index (χ0v) is 19.0. The smallest absolute Gasteiger partial charge is 0.748 e. The van der Waals surface area contributed by atoms with E-state index in [1.54, 1.807) is 0 Å². The van der Waals surface area contributed by atoms with Gasteiger partial charge in [-0.25, -0.2) is 8.42 Å². The number of hydrogen-bond donors (Lipinski definition) is 1. The van der Waals surface area contributed by atoms with Crippen LogP contribution in [0.3, 0.4) is 0 Å². The maximum atomic E-state index is 11.3. The topological polar surface area (TPSA) is 77.4 Å². The standard InChI is InChI=1S/C18H38O4S.Na/c1-3-5-7-8-9-10-11-13-14-17(19)16-18(23(20,21)22)15-12-6-4-2;/h17-19H,3-16H2,1-2H3,(H,20,21,22);/q;+1/p-1. The zero-order valence-electron chi connectivity index (χ0n) is 16.1. The first-order valence-electron chi connectivity index (χ1n) is 9.54. The summed E-state index contributed by atoms with van der Waals surface area (Å²) in [7, 11) is -4.30. The second-order valence-electron chi connectivity index (χ2n) is 6.76. The largest absolute Gasteiger partial charge is 1.00 e. The van der Waals surface area contributed by atoms with Gasteiger partial charge in [0, 0.05) is 0 Å². The number of aliphatic hydroxyl groups is 1. The summed E-state index contributed by atoms with van der Waals surface area (Å²) in [6.45, 7) is 4.25. The third kappa shape index (κ3) is 16.3. The molecular formula is C18H37NaO4S. The second kappa shape index (κ2) is 17.3. The Bertz CT molecular complexity index is 360. The molecule has 0 bridgehead atoms. The molecule has 0 radical (unpaired) electrons. The molecule has 0 aliphatic rings. The number of aliphatic hydroxyl groups excluding tert-OH is 1. The Labute approximate surface area is 172 Å². The SMILES string of the molecule is CCCCCCCCCCC(O)CC(CCCCC)S(=O)(=O)[O-].[Na+]. The fourth-order valence-electron chi connectivity index (χ4n) is 2.94. The minimum absolute atomic E-state index is 0. The predicted molar refractivity (Wildman–Crippen MR) is 95.5 cm³/mol. The Kier molecular flexibility index (Phi) is 19.5. The van der Waals surface area contributed by atoms with Crippen LogP contribution in [0.15, 0.2) is 0 Å². The van der Waals surface area contributed by atoms with Gasteiger partial charge in [0.1, 0.15) is 0 Å². The Balaban J connectivity index is 0. The van der Waals surface area contributed by atoms with E-state index in [0.717, 1.165) is 32.1 Å². The molecule has 0 saturated heterocycles. The molecule has 140 valence electrons. The molecule has 0 aromatic rings.